The lowest BCUT2D eigenvalue weighted by atomic mass is 10.2. The molecule has 1 amide bonds. The lowest BCUT2D eigenvalue weighted by Gasteiger charge is -2.21. The van der Waals surface area contributed by atoms with Crippen molar-refractivity contribution in [2.24, 2.45) is 4.99 Å². The maximum Gasteiger partial charge on any atom is 0.243 e. The van der Waals surface area contributed by atoms with Crippen molar-refractivity contribution < 1.29 is 9.53 Å². The van der Waals surface area contributed by atoms with Crippen LogP contribution in [0.1, 0.15) is 19.8 Å². The first-order valence-electron chi connectivity index (χ1n) is 9.83. The summed E-state index contributed by atoms with van der Waals surface area (Å²) >= 11 is 5.98. The Morgan fingerprint density at radius 3 is 2.72 bits per heavy atom. The molecule has 7 nitrogen and oxygen atoms in total. The van der Waals surface area contributed by atoms with Gasteiger partial charge in [0.2, 0.25) is 5.91 Å². The number of aliphatic imine (C=N–C) groups is 1. The second-order valence-electron chi connectivity index (χ2n) is 6.98. The van der Waals surface area contributed by atoms with Crippen LogP contribution in [0, 0.1) is 0 Å². The van der Waals surface area contributed by atoms with E-state index in [9.17, 15) is 4.79 Å². The Balaban J connectivity index is 0.00000420. The summed E-state index contributed by atoms with van der Waals surface area (Å²) in [6.07, 6.45) is 1.89. The number of guanidine groups is 1. The highest BCUT2D eigenvalue weighted by molar-refractivity contribution is 14.0. The van der Waals surface area contributed by atoms with Gasteiger partial charge in [-0.2, -0.15) is 0 Å². The van der Waals surface area contributed by atoms with Gasteiger partial charge in [-0.25, -0.2) is 4.99 Å². The van der Waals surface area contributed by atoms with Crippen LogP contribution in [-0.4, -0.2) is 76.3 Å². The number of anilines is 1. The predicted molar refractivity (Wildman–Crippen MR) is 131 cm³/mol. The number of hydrogen-bond acceptors (Lipinski definition) is 4. The quantitative estimate of drug-likeness (QED) is 0.219. The molecular weight excluding hydrogens is 505 g/mol. The molecule has 1 unspecified atom stereocenters. The molecule has 2 N–H and O–H groups in total. The van der Waals surface area contributed by atoms with Gasteiger partial charge in [0.25, 0.3) is 0 Å². The molecule has 1 aliphatic rings. The summed E-state index contributed by atoms with van der Waals surface area (Å²) in [4.78, 5) is 20.2. The van der Waals surface area contributed by atoms with Gasteiger partial charge in [0.05, 0.1) is 0 Å². The van der Waals surface area contributed by atoms with Gasteiger partial charge in [0, 0.05) is 63.7 Å². The van der Waals surface area contributed by atoms with E-state index in [4.69, 9.17) is 16.3 Å². The molecule has 0 aromatic heterocycles. The largest absolute Gasteiger partial charge is 0.382 e. The highest BCUT2D eigenvalue weighted by Crippen LogP contribution is 2.22. The zero-order valence-electron chi connectivity index (χ0n) is 17.5. The van der Waals surface area contributed by atoms with Gasteiger partial charge in [-0.3, -0.25) is 4.79 Å². The Labute approximate surface area is 196 Å². The second-order valence-corrected chi connectivity index (χ2v) is 7.42. The van der Waals surface area contributed by atoms with Crippen molar-refractivity contribution in [3.05, 3.63) is 29.3 Å². The summed E-state index contributed by atoms with van der Waals surface area (Å²) in [5.41, 5.74) is 1.17. The van der Waals surface area contributed by atoms with Crippen molar-refractivity contribution in [2.75, 3.05) is 58.4 Å². The zero-order valence-corrected chi connectivity index (χ0v) is 20.6. The van der Waals surface area contributed by atoms with Crippen molar-refractivity contribution in [3.63, 3.8) is 0 Å². The van der Waals surface area contributed by atoms with Gasteiger partial charge in [-0.05, 0) is 44.0 Å². The van der Waals surface area contributed by atoms with Crippen molar-refractivity contribution in [3.8, 4) is 0 Å². The number of likely N-dealkylation sites (N-methyl/N-ethyl adjacent to an activating group) is 1. The van der Waals surface area contributed by atoms with Crippen LogP contribution in [0.2, 0.25) is 5.02 Å². The van der Waals surface area contributed by atoms with Gasteiger partial charge in [0.1, 0.15) is 6.54 Å². The standard InChI is InChI=1S/C20H32ClN5O2.HI/c1-4-28-13-5-11-22-20(23-14-19(27)25(2)3)24-17-10-12-26(15-17)18-8-6-16(21)7-9-18;/h6-9,17H,4-5,10-15H2,1-3H3,(H2,22,23,24);1H. The zero-order chi connectivity index (χ0) is 20.4. The first kappa shape index (κ1) is 25.8. The Bertz CT molecular complexity index is 642. The third-order valence-electron chi connectivity index (χ3n) is 4.55. The third kappa shape index (κ3) is 9.39. The Morgan fingerprint density at radius 1 is 1.34 bits per heavy atom. The van der Waals surface area contributed by atoms with Gasteiger partial charge >= 0.3 is 0 Å². The molecule has 1 aliphatic heterocycles. The van der Waals surface area contributed by atoms with E-state index >= 15 is 0 Å². The normalized spacial score (nSPS) is 16.3. The molecule has 2 rings (SSSR count). The van der Waals surface area contributed by atoms with Crippen LogP contribution in [0.25, 0.3) is 0 Å². The first-order chi connectivity index (χ1) is 13.5. The summed E-state index contributed by atoms with van der Waals surface area (Å²) in [6.45, 7) is 6.13. The highest BCUT2D eigenvalue weighted by Gasteiger charge is 2.23. The Morgan fingerprint density at radius 2 is 2.07 bits per heavy atom. The summed E-state index contributed by atoms with van der Waals surface area (Å²) < 4.78 is 5.37. The molecule has 29 heavy (non-hydrogen) atoms. The maximum atomic E-state index is 11.9. The average molecular weight is 538 g/mol. The Kier molecular flexibility index (Phi) is 12.3. The van der Waals surface area contributed by atoms with E-state index in [-0.39, 0.29) is 42.5 Å². The number of carbonyl (C=O) groups excluding carboxylic acids is 1. The fourth-order valence-electron chi connectivity index (χ4n) is 2.92. The molecule has 0 saturated carbocycles. The van der Waals surface area contributed by atoms with Crippen LogP contribution in [0.4, 0.5) is 5.69 Å². The number of nitrogens with one attached hydrogen (secondary N) is 2. The minimum atomic E-state index is -0.0235. The molecule has 9 heteroatoms. The molecular formula is C20H33ClIN5O2. The fourth-order valence-corrected chi connectivity index (χ4v) is 3.05. The van der Waals surface area contributed by atoms with E-state index in [1.165, 1.54) is 5.69 Å². The van der Waals surface area contributed by atoms with E-state index in [0.29, 0.717) is 12.6 Å². The van der Waals surface area contributed by atoms with Crippen LogP contribution in [0.15, 0.2) is 29.3 Å². The smallest absolute Gasteiger partial charge is 0.243 e. The molecule has 1 saturated heterocycles. The monoisotopic (exact) mass is 537 g/mol. The van der Waals surface area contributed by atoms with Crippen LogP contribution >= 0.6 is 35.6 Å². The topological polar surface area (TPSA) is 69.2 Å². The van der Waals surface area contributed by atoms with Crippen molar-refractivity contribution >= 4 is 53.1 Å². The molecule has 0 bridgehead atoms. The molecule has 1 heterocycles. The number of amides is 1. The third-order valence-corrected chi connectivity index (χ3v) is 4.81. The molecule has 0 spiro atoms. The SMILES string of the molecule is CCOCCCNC(=NCC(=O)N(C)C)NC1CCN(c2ccc(Cl)cc2)C1.I. The Hall–Kier alpha value is -1.26. The van der Waals surface area contributed by atoms with Crippen molar-refractivity contribution in [1.82, 2.24) is 15.5 Å². The van der Waals surface area contributed by atoms with E-state index < -0.39 is 0 Å². The molecule has 0 aliphatic carbocycles. The minimum absolute atomic E-state index is 0. The highest BCUT2D eigenvalue weighted by atomic mass is 127. The number of hydrogen-bond donors (Lipinski definition) is 2. The van der Waals surface area contributed by atoms with Crippen LogP contribution in [-0.2, 0) is 9.53 Å². The molecule has 0 radical (unpaired) electrons. The number of ether oxygens (including phenoxy) is 1. The molecule has 1 fully saturated rings. The molecule has 1 aromatic rings. The number of halogens is 2. The van der Waals surface area contributed by atoms with Gasteiger partial charge in [0.15, 0.2) is 5.96 Å². The fraction of sp³-hybridized carbons (Fsp3) is 0.600. The van der Waals surface area contributed by atoms with Gasteiger partial charge in [-0.1, -0.05) is 11.6 Å². The predicted octanol–water partition coefficient (Wildman–Crippen LogP) is 2.59. The molecule has 164 valence electrons. The minimum Gasteiger partial charge on any atom is -0.382 e. The number of carbonyl (C=O) groups is 1. The summed E-state index contributed by atoms with van der Waals surface area (Å²) in [5, 5.41) is 7.53. The van der Waals surface area contributed by atoms with E-state index in [1.807, 2.05) is 31.2 Å². The first-order valence-corrected chi connectivity index (χ1v) is 10.2. The number of nitrogens with zero attached hydrogens (tertiary/aromatic N) is 3. The van der Waals surface area contributed by atoms with Crippen LogP contribution in [0.3, 0.4) is 0 Å². The van der Waals surface area contributed by atoms with Crippen molar-refractivity contribution in [2.45, 2.75) is 25.8 Å². The summed E-state index contributed by atoms with van der Waals surface area (Å²) in [7, 11) is 3.48. The van der Waals surface area contributed by atoms with E-state index in [0.717, 1.165) is 44.1 Å². The second kappa shape index (κ2) is 13.9. The summed E-state index contributed by atoms with van der Waals surface area (Å²) in [5.74, 6) is 0.652. The van der Waals surface area contributed by atoms with Crippen molar-refractivity contribution in [1.29, 1.82) is 0 Å². The van der Waals surface area contributed by atoms with Gasteiger partial charge in [-0.15, -0.1) is 24.0 Å². The van der Waals surface area contributed by atoms with Gasteiger partial charge < -0.3 is 25.2 Å². The molecule has 1 aromatic carbocycles. The van der Waals surface area contributed by atoms with E-state index in [2.05, 4.69) is 20.5 Å². The molecule has 1 atom stereocenters. The van der Waals surface area contributed by atoms with Crippen LogP contribution in [0.5, 0.6) is 0 Å². The number of benzene rings is 1. The van der Waals surface area contributed by atoms with E-state index in [1.54, 1.807) is 19.0 Å². The number of rotatable bonds is 9. The lowest BCUT2D eigenvalue weighted by Crippen LogP contribution is -2.45. The maximum absolute atomic E-state index is 11.9. The lowest BCUT2D eigenvalue weighted by molar-refractivity contribution is -0.127. The van der Waals surface area contributed by atoms with Crippen LogP contribution < -0.4 is 15.5 Å². The average Bonchev–Trinajstić information content (AvgIpc) is 3.14. The summed E-state index contributed by atoms with van der Waals surface area (Å²) in [6, 6.07) is 8.18.